The summed E-state index contributed by atoms with van der Waals surface area (Å²) in [7, 11) is 0. The average Bonchev–Trinajstić information content (AvgIpc) is 3.10. The molecule has 0 spiro atoms. The van der Waals surface area contributed by atoms with Crippen molar-refractivity contribution in [3.63, 3.8) is 0 Å². The van der Waals surface area contributed by atoms with E-state index < -0.39 is 6.10 Å². The van der Waals surface area contributed by atoms with Crippen molar-refractivity contribution in [1.82, 2.24) is 4.90 Å². The topological polar surface area (TPSA) is 66.5 Å². The van der Waals surface area contributed by atoms with Crippen molar-refractivity contribution in [2.75, 3.05) is 6.54 Å². The van der Waals surface area contributed by atoms with Crippen LogP contribution in [0.25, 0.3) is 0 Å². The van der Waals surface area contributed by atoms with Gasteiger partial charge in [-0.2, -0.15) is 5.26 Å². The number of ether oxygens (including phenoxy) is 1. The van der Waals surface area contributed by atoms with Crippen LogP contribution >= 0.6 is 0 Å². The molecule has 0 saturated heterocycles. The van der Waals surface area contributed by atoms with E-state index in [0.717, 1.165) is 0 Å². The molecule has 0 aliphatic rings. The molecule has 5 heteroatoms. The summed E-state index contributed by atoms with van der Waals surface area (Å²) in [5.74, 6) is 1.16. The minimum absolute atomic E-state index is 0.0666. The lowest BCUT2D eigenvalue weighted by Crippen LogP contribution is -2.40. The molecule has 0 aliphatic heterocycles. The highest BCUT2D eigenvalue weighted by molar-refractivity contribution is 5.80. The van der Waals surface area contributed by atoms with Crippen molar-refractivity contribution >= 4 is 5.91 Å². The van der Waals surface area contributed by atoms with Crippen molar-refractivity contribution in [2.24, 2.45) is 0 Å². The second-order valence-electron chi connectivity index (χ2n) is 7.28. The minimum Gasteiger partial charge on any atom is -0.481 e. The Morgan fingerprint density at radius 2 is 1.96 bits per heavy atom. The fourth-order valence-corrected chi connectivity index (χ4v) is 2.59. The largest absolute Gasteiger partial charge is 0.481 e. The van der Waals surface area contributed by atoms with Crippen LogP contribution in [0.5, 0.6) is 5.75 Å². The van der Waals surface area contributed by atoms with Gasteiger partial charge in [-0.25, -0.2) is 0 Å². The lowest BCUT2D eigenvalue weighted by molar-refractivity contribution is -0.138. The third kappa shape index (κ3) is 5.38. The van der Waals surface area contributed by atoms with E-state index in [9.17, 15) is 4.79 Å². The first-order valence-corrected chi connectivity index (χ1v) is 8.76. The van der Waals surface area contributed by atoms with E-state index in [0.29, 0.717) is 24.6 Å². The Morgan fingerprint density at radius 1 is 1.27 bits per heavy atom. The van der Waals surface area contributed by atoms with Gasteiger partial charge < -0.3 is 14.1 Å². The predicted molar refractivity (Wildman–Crippen MR) is 99.6 cm³/mol. The molecule has 0 radical (unpaired) electrons. The Kier molecular flexibility index (Phi) is 6.46. The Balaban J connectivity index is 2.04. The zero-order valence-corrected chi connectivity index (χ0v) is 15.9. The fraction of sp³-hybridized carbons (Fsp3) is 0.429. The van der Waals surface area contributed by atoms with E-state index in [1.54, 1.807) is 24.2 Å². The van der Waals surface area contributed by atoms with Gasteiger partial charge >= 0.3 is 0 Å². The standard InChI is InChI=1S/C21H26N2O3/c1-16(26-18-10-8-17(9-11-18)21(2,3)4)20(24)23(13-6-12-22)15-19-7-5-14-25-19/h5,7-11,14,16H,6,13,15H2,1-4H3. The van der Waals surface area contributed by atoms with Gasteiger partial charge in [-0.3, -0.25) is 4.79 Å². The van der Waals surface area contributed by atoms with E-state index in [1.807, 2.05) is 30.3 Å². The summed E-state index contributed by atoms with van der Waals surface area (Å²) < 4.78 is 11.1. The van der Waals surface area contributed by atoms with E-state index in [4.69, 9.17) is 14.4 Å². The van der Waals surface area contributed by atoms with E-state index in [2.05, 4.69) is 26.8 Å². The molecule has 1 heterocycles. The van der Waals surface area contributed by atoms with Crippen molar-refractivity contribution in [2.45, 2.75) is 52.2 Å². The van der Waals surface area contributed by atoms with Crippen LogP contribution in [0.1, 0.15) is 45.4 Å². The Bertz CT molecular complexity index is 737. The number of amides is 1. The van der Waals surface area contributed by atoms with Gasteiger partial charge in [0.2, 0.25) is 0 Å². The number of carbonyl (C=O) groups is 1. The maximum absolute atomic E-state index is 12.8. The van der Waals surface area contributed by atoms with Crippen LogP contribution in [0.3, 0.4) is 0 Å². The van der Waals surface area contributed by atoms with Crippen LogP contribution in [0.15, 0.2) is 47.1 Å². The van der Waals surface area contributed by atoms with Crippen LogP contribution in [0, 0.1) is 11.3 Å². The molecule has 5 nitrogen and oxygen atoms in total. The van der Waals surface area contributed by atoms with Crippen molar-refractivity contribution < 1.29 is 13.9 Å². The number of rotatable bonds is 7. The number of hydrogen-bond acceptors (Lipinski definition) is 4. The molecule has 0 saturated carbocycles. The van der Waals surface area contributed by atoms with Gasteiger partial charge in [0.1, 0.15) is 11.5 Å². The fourth-order valence-electron chi connectivity index (χ4n) is 2.59. The summed E-state index contributed by atoms with van der Waals surface area (Å²) in [6.45, 7) is 8.84. The van der Waals surface area contributed by atoms with E-state index >= 15 is 0 Å². The smallest absolute Gasteiger partial charge is 0.263 e. The molecule has 2 rings (SSSR count). The van der Waals surface area contributed by atoms with Gasteiger partial charge in [-0.15, -0.1) is 0 Å². The summed E-state index contributed by atoms with van der Waals surface area (Å²) in [4.78, 5) is 14.3. The van der Waals surface area contributed by atoms with E-state index in [1.165, 1.54) is 5.56 Å². The van der Waals surface area contributed by atoms with Crippen molar-refractivity contribution in [3.05, 3.63) is 54.0 Å². The van der Waals surface area contributed by atoms with Gasteiger partial charge in [-0.1, -0.05) is 32.9 Å². The molecule has 1 unspecified atom stereocenters. The number of carbonyl (C=O) groups excluding carboxylic acids is 1. The molecule has 0 aliphatic carbocycles. The molecule has 1 amide bonds. The molecule has 1 aromatic heterocycles. The summed E-state index contributed by atoms with van der Waals surface area (Å²) in [6, 6.07) is 13.5. The van der Waals surface area contributed by atoms with Crippen LogP contribution < -0.4 is 4.74 Å². The maximum atomic E-state index is 12.8. The monoisotopic (exact) mass is 354 g/mol. The number of nitrogens with zero attached hydrogens (tertiary/aromatic N) is 2. The summed E-state index contributed by atoms with van der Waals surface area (Å²) >= 11 is 0. The molecule has 0 N–H and O–H groups in total. The summed E-state index contributed by atoms with van der Waals surface area (Å²) in [5.41, 5.74) is 1.27. The summed E-state index contributed by atoms with van der Waals surface area (Å²) in [6.07, 6.45) is 1.18. The van der Waals surface area contributed by atoms with Crippen LogP contribution in [-0.4, -0.2) is 23.5 Å². The van der Waals surface area contributed by atoms with Gasteiger partial charge in [0.15, 0.2) is 6.10 Å². The third-order valence-electron chi connectivity index (χ3n) is 4.11. The molecule has 1 atom stereocenters. The molecule has 26 heavy (non-hydrogen) atoms. The molecular formula is C21H26N2O3. The molecule has 138 valence electrons. The predicted octanol–water partition coefficient (Wildman–Crippen LogP) is 4.29. The number of nitriles is 1. The SMILES string of the molecule is CC(Oc1ccc(C(C)(C)C)cc1)C(=O)N(CCC#N)Cc1ccco1. The second kappa shape index (κ2) is 8.57. The number of benzene rings is 1. The van der Waals surface area contributed by atoms with Crippen LogP contribution in [0.2, 0.25) is 0 Å². The average molecular weight is 354 g/mol. The first kappa shape index (κ1) is 19.6. The van der Waals surface area contributed by atoms with Gasteiger partial charge in [-0.05, 0) is 42.2 Å². The number of hydrogen-bond donors (Lipinski definition) is 0. The second-order valence-corrected chi connectivity index (χ2v) is 7.28. The quantitative estimate of drug-likeness (QED) is 0.744. The Labute approximate surface area is 155 Å². The Morgan fingerprint density at radius 3 is 2.50 bits per heavy atom. The first-order valence-electron chi connectivity index (χ1n) is 8.76. The minimum atomic E-state index is -0.649. The molecule has 1 aromatic carbocycles. The van der Waals surface area contributed by atoms with Crippen molar-refractivity contribution in [1.29, 1.82) is 5.26 Å². The van der Waals surface area contributed by atoms with Crippen LogP contribution in [-0.2, 0) is 16.8 Å². The lowest BCUT2D eigenvalue weighted by Gasteiger charge is -2.25. The van der Waals surface area contributed by atoms with Crippen LogP contribution in [0.4, 0.5) is 0 Å². The van der Waals surface area contributed by atoms with Gasteiger partial charge in [0.25, 0.3) is 5.91 Å². The maximum Gasteiger partial charge on any atom is 0.263 e. The number of furan rings is 1. The molecule has 0 fully saturated rings. The zero-order chi connectivity index (χ0) is 19.2. The van der Waals surface area contributed by atoms with E-state index in [-0.39, 0.29) is 17.7 Å². The highest BCUT2D eigenvalue weighted by atomic mass is 16.5. The molecule has 0 bridgehead atoms. The highest BCUT2D eigenvalue weighted by Crippen LogP contribution is 2.25. The first-order chi connectivity index (χ1) is 12.3. The molecule has 2 aromatic rings. The lowest BCUT2D eigenvalue weighted by atomic mass is 9.87. The Hall–Kier alpha value is -2.74. The zero-order valence-electron chi connectivity index (χ0n) is 15.9. The van der Waals surface area contributed by atoms with Crippen molar-refractivity contribution in [3.8, 4) is 11.8 Å². The van der Waals surface area contributed by atoms with Gasteiger partial charge in [0.05, 0.1) is 25.3 Å². The molecular weight excluding hydrogens is 328 g/mol. The highest BCUT2D eigenvalue weighted by Gasteiger charge is 2.23. The third-order valence-corrected chi connectivity index (χ3v) is 4.11. The van der Waals surface area contributed by atoms with Gasteiger partial charge in [0, 0.05) is 6.54 Å². The normalized spacial score (nSPS) is 12.3. The summed E-state index contributed by atoms with van der Waals surface area (Å²) in [5, 5.41) is 8.85.